The van der Waals surface area contributed by atoms with Gasteiger partial charge in [-0.05, 0) is 12.1 Å². The van der Waals surface area contributed by atoms with E-state index in [1.165, 1.54) is 11.8 Å². The van der Waals surface area contributed by atoms with Gasteiger partial charge in [-0.25, -0.2) is 0 Å². The zero-order chi connectivity index (χ0) is 19.2. The van der Waals surface area contributed by atoms with Crippen molar-refractivity contribution < 1.29 is 9.59 Å². The summed E-state index contributed by atoms with van der Waals surface area (Å²) < 4.78 is 3.54. The SMILES string of the molecule is C=CCn1c(SCC(=O)NC(=O)c2cccn2C)nnc1-c1ccccc1. The molecule has 138 valence electrons. The van der Waals surface area contributed by atoms with Crippen molar-refractivity contribution in [3.8, 4) is 11.4 Å². The molecule has 0 atom stereocenters. The van der Waals surface area contributed by atoms with Gasteiger partial charge in [0.15, 0.2) is 11.0 Å². The number of hydrogen-bond acceptors (Lipinski definition) is 5. The zero-order valence-corrected chi connectivity index (χ0v) is 15.6. The maximum Gasteiger partial charge on any atom is 0.274 e. The van der Waals surface area contributed by atoms with Crippen LogP contribution in [0.2, 0.25) is 0 Å². The van der Waals surface area contributed by atoms with Gasteiger partial charge in [-0.2, -0.15) is 0 Å². The Hall–Kier alpha value is -3.13. The van der Waals surface area contributed by atoms with Crippen LogP contribution >= 0.6 is 11.8 Å². The number of allylic oxidation sites excluding steroid dienone is 1. The lowest BCUT2D eigenvalue weighted by atomic mass is 10.2. The molecule has 7 nitrogen and oxygen atoms in total. The number of benzene rings is 1. The quantitative estimate of drug-likeness (QED) is 0.502. The highest BCUT2D eigenvalue weighted by Gasteiger charge is 2.17. The van der Waals surface area contributed by atoms with Gasteiger partial charge in [0.1, 0.15) is 5.69 Å². The summed E-state index contributed by atoms with van der Waals surface area (Å²) in [5.41, 5.74) is 1.36. The molecule has 0 radical (unpaired) electrons. The van der Waals surface area contributed by atoms with E-state index in [2.05, 4.69) is 22.1 Å². The molecule has 1 N–H and O–H groups in total. The molecule has 0 saturated heterocycles. The minimum absolute atomic E-state index is 0.0558. The summed E-state index contributed by atoms with van der Waals surface area (Å²) in [6.45, 7) is 4.29. The number of nitrogens with zero attached hydrogens (tertiary/aromatic N) is 4. The Bertz CT molecular complexity index is 962. The molecule has 0 bridgehead atoms. The molecule has 0 spiro atoms. The molecule has 3 rings (SSSR count). The third kappa shape index (κ3) is 4.35. The van der Waals surface area contributed by atoms with Gasteiger partial charge < -0.3 is 4.57 Å². The minimum atomic E-state index is -0.425. The molecule has 0 aliphatic carbocycles. The fourth-order valence-electron chi connectivity index (χ4n) is 2.54. The zero-order valence-electron chi connectivity index (χ0n) is 14.8. The van der Waals surface area contributed by atoms with Gasteiger partial charge in [0.2, 0.25) is 5.91 Å². The van der Waals surface area contributed by atoms with Crippen LogP contribution in [0.3, 0.4) is 0 Å². The van der Waals surface area contributed by atoms with E-state index in [-0.39, 0.29) is 11.7 Å². The van der Waals surface area contributed by atoms with Crippen LogP contribution in [0, 0.1) is 0 Å². The number of thioether (sulfide) groups is 1. The molecular formula is C19H19N5O2S. The molecule has 0 fully saturated rings. The Balaban J connectivity index is 1.68. The average Bonchev–Trinajstić information content (AvgIpc) is 3.27. The molecule has 2 heterocycles. The van der Waals surface area contributed by atoms with Crippen molar-refractivity contribution >= 4 is 23.6 Å². The molecule has 3 aromatic rings. The van der Waals surface area contributed by atoms with Gasteiger partial charge in [-0.15, -0.1) is 16.8 Å². The van der Waals surface area contributed by atoms with Gasteiger partial charge in [0.25, 0.3) is 5.91 Å². The number of imide groups is 1. The fourth-order valence-corrected chi connectivity index (χ4v) is 3.29. The molecule has 0 aliphatic rings. The van der Waals surface area contributed by atoms with Crippen molar-refractivity contribution in [1.82, 2.24) is 24.6 Å². The van der Waals surface area contributed by atoms with Crippen molar-refractivity contribution in [2.24, 2.45) is 7.05 Å². The molecular weight excluding hydrogens is 362 g/mol. The summed E-state index contributed by atoms with van der Waals surface area (Å²) in [6.07, 6.45) is 3.50. The molecule has 0 aliphatic heterocycles. The highest BCUT2D eigenvalue weighted by atomic mass is 32.2. The maximum atomic E-state index is 12.1. The number of hydrogen-bond donors (Lipinski definition) is 1. The number of carbonyl (C=O) groups excluding carboxylic acids is 2. The lowest BCUT2D eigenvalue weighted by molar-refractivity contribution is -0.117. The van der Waals surface area contributed by atoms with E-state index in [9.17, 15) is 9.59 Å². The first-order valence-electron chi connectivity index (χ1n) is 8.28. The van der Waals surface area contributed by atoms with Gasteiger partial charge in [-0.1, -0.05) is 48.2 Å². The number of nitrogens with one attached hydrogen (secondary N) is 1. The Morgan fingerprint density at radius 1 is 1.19 bits per heavy atom. The summed E-state index contributed by atoms with van der Waals surface area (Å²) in [4.78, 5) is 24.2. The van der Waals surface area contributed by atoms with Crippen LogP contribution in [0.4, 0.5) is 0 Å². The van der Waals surface area contributed by atoms with Crippen LogP contribution in [0.25, 0.3) is 11.4 Å². The van der Waals surface area contributed by atoms with E-state index in [4.69, 9.17) is 0 Å². The van der Waals surface area contributed by atoms with Gasteiger partial charge in [0.05, 0.1) is 5.75 Å². The highest BCUT2D eigenvalue weighted by molar-refractivity contribution is 7.99. The largest absolute Gasteiger partial charge is 0.347 e. The van der Waals surface area contributed by atoms with Crippen LogP contribution in [-0.2, 0) is 18.4 Å². The molecule has 2 amide bonds. The van der Waals surface area contributed by atoms with Crippen LogP contribution in [0.15, 0.2) is 66.5 Å². The van der Waals surface area contributed by atoms with Crippen molar-refractivity contribution in [3.05, 3.63) is 67.0 Å². The summed E-state index contributed by atoms with van der Waals surface area (Å²) in [7, 11) is 1.75. The predicted molar refractivity (Wildman–Crippen MR) is 104 cm³/mol. The first-order valence-corrected chi connectivity index (χ1v) is 9.26. The minimum Gasteiger partial charge on any atom is -0.347 e. The van der Waals surface area contributed by atoms with Crippen LogP contribution < -0.4 is 5.32 Å². The Kier molecular flexibility index (Phi) is 5.87. The highest BCUT2D eigenvalue weighted by Crippen LogP contribution is 2.23. The van der Waals surface area contributed by atoms with Crippen molar-refractivity contribution in [3.63, 3.8) is 0 Å². The molecule has 0 saturated carbocycles. The second-order valence-electron chi connectivity index (χ2n) is 5.74. The van der Waals surface area contributed by atoms with E-state index >= 15 is 0 Å². The van der Waals surface area contributed by atoms with E-state index in [1.54, 1.807) is 36.0 Å². The van der Waals surface area contributed by atoms with Crippen LogP contribution in [-0.4, -0.2) is 36.9 Å². The monoisotopic (exact) mass is 381 g/mol. The van der Waals surface area contributed by atoms with Gasteiger partial charge >= 0.3 is 0 Å². The van der Waals surface area contributed by atoms with Crippen LogP contribution in [0.1, 0.15) is 10.5 Å². The first-order chi connectivity index (χ1) is 13.1. The predicted octanol–water partition coefficient (Wildman–Crippen LogP) is 2.52. The third-order valence-corrected chi connectivity index (χ3v) is 4.79. The number of rotatable bonds is 7. The number of carbonyl (C=O) groups is 2. The topological polar surface area (TPSA) is 81.8 Å². The lowest BCUT2D eigenvalue weighted by Gasteiger charge is -2.08. The van der Waals surface area contributed by atoms with E-state index in [0.717, 1.165) is 5.56 Å². The molecule has 27 heavy (non-hydrogen) atoms. The molecule has 2 aromatic heterocycles. The summed E-state index contributed by atoms with van der Waals surface area (Å²) >= 11 is 1.22. The second-order valence-corrected chi connectivity index (χ2v) is 6.68. The summed E-state index contributed by atoms with van der Waals surface area (Å²) in [6, 6.07) is 13.1. The Morgan fingerprint density at radius 2 is 1.96 bits per heavy atom. The number of amides is 2. The third-order valence-electron chi connectivity index (χ3n) is 3.82. The number of aromatic nitrogens is 4. The standard InChI is InChI=1S/C19H19N5O2S/c1-3-11-24-17(14-8-5-4-6-9-14)21-22-19(24)27-13-16(25)20-18(26)15-10-7-12-23(15)2/h3-10,12H,1,11,13H2,2H3,(H,20,25,26). The maximum absolute atomic E-state index is 12.1. The fraction of sp³-hybridized carbons (Fsp3) is 0.158. The smallest absolute Gasteiger partial charge is 0.274 e. The van der Waals surface area contributed by atoms with Crippen molar-refractivity contribution in [2.45, 2.75) is 11.7 Å². The molecule has 8 heteroatoms. The summed E-state index contributed by atoms with van der Waals surface area (Å²) in [5, 5.41) is 11.4. The average molecular weight is 381 g/mol. The van der Waals surface area contributed by atoms with Crippen LogP contribution in [0.5, 0.6) is 0 Å². The van der Waals surface area contributed by atoms with Crippen molar-refractivity contribution in [1.29, 1.82) is 0 Å². The summed E-state index contributed by atoms with van der Waals surface area (Å²) in [5.74, 6) is -0.0511. The molecule has 1 aromatic carbocycles. The van der Waals surface area contributed by atoms with E-state index in [1.807, 2.05) is 34.9 Å². The second kappa shape index (κ2) is 8.50. The van der Waals surface area contributed by atoms with Crippen molar-refractivity contribution in [2.75, 3.05) is 5.75 Å². The first kappa shape index (κ1) is 18.7. The molecule has 0 unspecified atom stereocenters. The number of aryl methyl sites for hydroxylation is 1. The Labute approximate surface area is 161 Å². The Morgan fingerprint density at radius 3 is 2.63 bits per heavy atom. The lowest BCUT2D eigenvalue weighted by Crippen LogP contribution is -2.33. The van der Waals surface area contributed by atoms with E-state index in [0.29, 0.717) is 23.2 Å². The van der Waals surface area contributed by atoms with E-state index < -0.39 is 5.91 Å². The van der Waals surface area contributed by atoms with Gasteiger partial charge in [0, 0.05) is 25.4 Å². The normalized spacial score (nSPS) is 10.6. The van der Waals surface area contributed by atoms with Gasteiger partial charge in [-0.3, -0.25) is 19.5 Å².